The zero-order valence-electron chi connectivity index (χ0n) is 17.4. The van der Waals surface area contributed by atoms with Crippen molar-refractivity contribution in [2.24, 2.45) is 0 Å². The Hall–Kier alpha value is 0.340. The molecule has 142 valence electrons. The maximum absolute atomic E-state index is 11.5. The van der Waals surface area contributed by atoms with Crippen LogP contribution in [0, 0.1) is 0 Å². The molecule has 0 aromatic heterocycles. The summed E-state index contributed by atoms with van der Waals surface area (Å²) in [4.78, 5) is 9.27. The van der Waals surface area contributed by atoms with Gasteiger partial charge in [0.25, 0.3) is 0 Å². The Morgan fingerprint density at radius 3 is 1.72 bits per heavy atom. The molecule has 0 bridgehead atoms. The summed E-state index contributed by atoms with van der Waals surface area (Å²) in [5, 5.41) is 10.6. The van der Waals surface area contributed by atoms with Crippen molar-refractivity contribution >= 4 is 54.3 Å². The average Bonchev–Trinajstić information content (AvgIpc) is 2.33. The second kappa shape index (κ2) is 8.15. The van der Waals surface area contributed by atoms with Gasteiger partial charge in [-0.05, 0) is 39.7 Å². The standard InChI is InChI=1S/C15H25O7PS.Ca.2H/c1-14(2,3)11-7-10(8-12(13(11)16)15(4,5)6)9-22-23(17,18)24(19,20)21;;;/h7-8,16H,9H2,1-6H3,(H,17,18)(H,19,20,21);;;/q;+2;2*-1. The van der Waals surface area contributed by atoms with Gasteiger partial charge in [0.2, 0.25) is 0 Å². The quantitative estimate of drug-likeness (QED) is 0.386. The van der Waals surface area contributed by atoms with E-state index in [1.54, 1.807) is 12.1 Å². The van der Waals surface area contributed by atoms with Crippen molar-refractivity contribution in [1.82, 2.24) is 0 Å². The number of phenols is 1. The second-order valence-corrected chi connectivity index (χ2v) is 12.6. The van der Waals surface area contributed by atoms with Crippen LogP contribution in [0.25, 0.3) is 0 Å². The molecular formula is C15H27CaO7PS. The van der Waals surface area contributed by atoms with Gasteiger partial charge in [-0.3, -0.25) is 9.08 Å². The summed E-state index contributed by atoms with van der Waals surface area (Å²) < 4.78 is 46.5. The maximum atomic E-state index is 11.5. The van der Waals surface area contributed by atoms with Crippen LogP contribution < -0.4 is 0 Å². The number of benzene rings is 1. The summed E-state index contributed by atoms with van der Waals surface area (Å²) in [6.07, 6.45) is 0. The predicted molar refractivity (Wildman–Crippen MR) is 99.6 cm³/mol. The van der Waals surface area contributed by atoms with Crippen LogP contribution in [0.3, 0.4) is 0 Å². The van der Waals surface area contributed by atoms with Crippen LogP contribution in [-0.4, -0.2) is 60.7 Å². The molecule has 0 spiro atoms. The fourth-order valence-electron chi connectivity index (χ4n) is 2.14. The topological polar surface area (TPSA) is 121 Å². The average molecular weight is 422 g/mol. The van der Waals surface area contributed by atoms with Crippen molar-refractivity contribution in [3.8, 4) is 5.75 Å². The van der Waals surface area contributed by atoms with Gasteiger partial charge in [-0.15, -0.1) is 0 Å². The maximum Gasteiger partial charge on any atom is 2.00 e. The summed E-state index contributed by atoms with van der Waals surface area (Å²) >= 11 is 0. The third-order valence-electron chi connectivity index (χ3n) is 3.47. The van der Waals surface area contributed by atoms with Gasteiger partial charge >= 0.3 is 54.3 Å². The fraction of sp³-hybridized carbons (Fsp3) is 0.600. The number of aromatic hydroxyl groups is 1. The largest absolute Gasteiger partial charge is 2.00 e. The third-order valence-corrected chi connectivity index (χ3v) is 6.58. The molecule has 7 nitrogen and oxygen atoms in total. The number of hydrogen-bond donors (Lipinski definition) is 3. The van der Waals surface area contributed by atoms with E-state index in [0.717, 1.165) is 0 Å². The molecule has 10 heteroatoms. The summed E-state index contributed by atoms with van der Waals surface area (Å²) in [5.74, 6) is 0.126. The van der Waals surface area contributed by atoms with Crippen LogP contribution in [-0.2, 0) is 36.3 Å². The number of phenolic OH excluding ortho intramolecular Hbond substituents is 1. The van der Waals surface area contributed by atoms with Gasteiger partial charge in [0.1, 0.15) is 5.75 Å². The van der Waals surface area contributed by atoms with Crippen LogP contribution in [0.15, 0.2) is 12.1 Å². The molecule has 25 heavy (non-hydrogen) atoms. The molecule has 0 aliphatic carbocycles. The Labute approximate surface area is 181 Å². The molecule has 1 aromatic carbocycles. The molecule has 1 unspecified atom stereocenters. The van der Waals surface area contributed by atoms with Crippen molar-refractivity contribution in [3.63, 3.8) is 0 Å². The van der Waals surface area contributed by atoms with Gasteiger partial charge in [-0.25, -0.2) is 4.57 Å². The monoisotopic (exact) mass is 422 g/mol. The van der Waals surface area contributed by atoms with E-state index in [4.69, 9.17) is 4.55 Å². The van der Waals surface area contributed by atoms with E-state index in [1.807, 2.05) is 41.5 Å². The van der Waals surface area contributed by atoms with Gasteiger partial charge in [0.05, 0.1) is 6.61 Å². The molecule has 1 atom stereocenters. The van der Waals surface area contributed by atoms with E-state index in [-0.39, 0.29) is 46.3 Å². The minimum atomic E-state index is -5.22. The minimum Gasteiger partial charge on any atom is -1.00 e. The van der Waals surface area contributed by atoms with Crippen LogP contribution in [0.1, 0.15) is 61.1 Å². The van der Waals surface area contributed by atoms with Crippen molar-refractivity contribution in [1.29, 1.82) is 0 Å². The third kappa shape index (κ3) is 6.47. The van der Waals surface area contributed by atoms with E-state index in [1.165, 1.54) is 0 Å². The van der Waals surface area contributed by atoms with Crippen molar-refractivity contribution < 1.29 is 34.9 Å². The SMILES string of the molecule is CC(C)(C)c1cc(COP(=O)(O)S(=O)(=O)O)cc(C(C)(C)C)c1O.[Ca+2].[H-].[H-]. The second-order valence-electron chi connectivity index (χ2n) is 7.73. The first-order chi connectivity index (χ1) is 10.5. The van der Waals surface area contributed by atoms with E-state index < -0.39 is 34.0 Å². The van der Waals surface area contributed by atoms with Gasteiger partial charge < -0.3 is 12.9 Å². The fourth-order valence-corrected chi connectivity index (χ4v) is 3.15. The molecule has 0 aliphatic rings. The first kappa shape index (κ1) is 25.3. The summed E-state index contributed by atoms with van der Waals surface area (Å²) in [7, 11) is -5.22. The Kier molecular flexibility index (Phi) is 8.26. The zero-order chi connectivity index (χ0) is 19.1. The summed E-state index contributed by atoms with van der Waals surface area (Å²) in [6, 6.07) is 3.18. The molecule has 1 rings (SSSR count). The molecular weight excluding hydrogens is 395 g/mol. The first-order valence-corrected chi connectivity index (χ1v) is 10.9. The molecule has 0 fully saturated rings. The molecule has 0 radical (unpaired) electrons. The Morgan fingerprint density at radius 1 is 1.08 bits per heavy atom. The predicted octanol–water partition coefficient (Wildman–Crippen LogP) is 3.34. The van der Waals surface area contributed by atoms with E-state index in [2.05, 4.69) is 4.52 Å². The molecule has 0 saturated heterocycles. The Morgan fingerprint density at radius 2 is 1.44 bits per heavy atom. The van der Waals surface area contributed by atoms with Gasteiger partial charge in [0, 0.05) is 0 Å². The van der Waals surface area contributed by atoms with Crippen molar-refractivity contribution in [2.75, 3.05) is 0 Å². The zero-order valence-corrected chi connectivity index (χ0v) is 19.3. The smallest absolute Gasteiger partial charge is 1.00 e. The van der Waals surface area contributed by atoms with Crippen LogP contribution in [0.5, 0.6) is 5.75 Å². The van der Waals surface area contributed by atoms with Gasteiger partial charge in [-0.2, -0.15) is 8.42 Å². The van der Waals surface area contributed by atoms with Gasteiger partial charge in [0.15, 0.2) is 0 Å². The molecule has 0 heterocycles. The van der Waals surface area contributed by atoms with E-state index in [9.17, 15) is 23.0 Å². The molecule has 0 amide bonds. The Balaban J connectivity index is -0.00000192. The summed E-state index contributed by atoms with van der Waals surface area (Å²) in [6.45, 7) is 5.68. The van der Waals surface area contributed by atoms with E-state index in [0.29, 0.717) is 16.7 Å². The van der Waals surface area contributed by atoms with E-state index >= 15 is 0 Å². The normalized spacial score (nSPS) is 15.4. The molecule has 0 saturated carbocycles. The van der Waals surface area contributed by atoms with Crippen LogP contribution in [0.2, 0.25) is 0 Å². The van der Waals surface area contributed by atoms with Crippen LogP contribution in [0.4, 0.5) is 0 Å². The van der Waals surface area contributed by atoms with Gasteiger partial charge in [-0.1, -0.05) is 41.5 Å². The number of hydrogen-bond acceptors (Lipinski definition) is 5. The molecule has 0 aliphatic heterocycles. The van der Waals surface area contributed by atoms with Crippen molar-refractivity contribution in [2.45, 2.75) is 59.0 Å². The van der Waals surface area contributed by atoms with Crippen molar-refractivity contribution in [3.05, 3.63) is 28.8 Å². The number of rotatable bonds is 4. The minimum absolute atomic E-state index is 0. The summed E-state index contributed by atoms with van der Waals surface area (Å²) in [5.41, 5.74) is 0.805. The Bertz CT molecular complexity index is 751. The van der Waals surface area contributed by atoms with Crippen LogP contribution >= 0.6 is 6.80 Å². The molecule has 1 aromatic rings. The first-order valence-electron chi connectivity index (χ1n) is 7.28. The molecule has 3 N–H and O–H groups in total.